The van der Waals surface area contributed by atoms with Crippen LogP contribution < -0.4 is 5.73 Å². The molecule has 0 bridgehead atoms. The van der Waals surface area contributed by atoms with Gasteiger partial charge >= 0.3 is 0 Å². The maximum atomic E-state index is 6.30. The highest BCUT2D eigenvalue weighted by molar-refractivity contribution is 5.29. The Morgan fingerprint density at radius 3 is 2.47 bits per heavy atom. The monoisotopic (exact) mass is 251 g/mol. The Balaban J connectivity index is 1.72. The molecule has 0 saturated heterocycles. The van der Waals surface area contributed by atoms with E-state index in [1.54, 1.807) is 0 Å². The van der Waals surface area contributed by atoms with E-state index in [1.807, 2.05) is 6.07 Å². The SMILES string of the molecule is NC(Cc1cccc(C2CCC2)c1)c1ccccc1. The first-order valence-corrected chi connectivity index (χ1v) is 7.22. The number of hydrogen-bond acceptors (Lipinski definition) is 1. The Labute approximate surface area is 115 Å². The largest absolute Gasteiger partial charge is 0.324 e. The molecule has 1 saturated carbocycles. The summed E-state index contributed by atoms with van der Waals surface area (Å²) in [5.41, 5.74) is 10.4. The van der Waals surface area contributed by atoms with Crippen LogP contribution in [0.15, 0.2) is 54.6 Å². The van der Waals surface area contributed by atoms with E-state index in [2.05, 4.69) is 48.5 Å². The van der Waals surface area contributed by atoms with Crippen molar-refractivity contribution in [3.63, 3.8) is 0 Å². The molecule has 1 aliphatic rings. The fourth-order valence-corrected chi connectivity index (χ4v) is 2.79. The lowest BCUT2D eigenvalue weighted by atomic mass is 9.79. The third-order valence-corrected chi connectivity index (χ3v) is 4.21. The zero-order valence-corrected chi connectivity index (χ0v) is 11.3. The van der Waals surface area contributed by atoms with Gasteiger partial charge in [-0.05, 0) is 41.9 Å². The Bertz CT molecular complexity index is 528. The zero-order valence-electron chi connectivity index (χ0n) is 11.3. The van der Waals surface area contributed by atoms with Crippen LogP contribution in [0.25, 0.3) is 0 Å². The van der Waals surface area contributed by atoms with Crippen LogP contribution in [-0.2, 0) is 6.42 Å². The van der Waals surface area contributed by atoms with Gasteiger partial charge in [0.25, 0.3) is 0 Å². The van der Waals surface area contributed by atoms with Crippen LogP contribution in [0.3, 0.4) is 0 Å². The number of nitrogens with two attached hydrogens (primary N) is 1. The second-order valence-corrected chi connectivity index (χ2v) is 5.59. The first-order chi connectivity index (χ1) is 9.33. The van der Waals surface area contributed by atoms with Crippen LogP contribution in [0.1, 0.15) is 47.9 Å². The number of benzene rings is 2. The fraction of sp³-hybridized carbons (Fsp3) is 0.333. The predicted molar refractivity (Wildman–Crippen MR) is 80.1 cm³/mol. The van der Waals surface area contributed by atoms with E-state index in [0.29, 0.717) is 0 Å². The third kappa shape index (κ3) is 2.87. The van der Waals surface area contributed by atoms with Crippen LogP contribution in [0.4, 0.5) is 0 Å². The molecule has 0 spiro atoms. The van der Waals surface area contributed by atoms with Crippen molar-refractivity contribution < 1.29 is 0 Å². The molecule has 0 radical (unpaired) electrons. The molecule has 0 aromatic heterocycles. The molecule has 1 heteroatoms. The van der Waals surface area contributed by atoms with Gasteiger partial charge in [-0.15, -0.1) is 0 Å². The molecular formula is C18H21N. The molecule has 2 aromatic carbocycles. The van der Waals surface area contributed by atoms with Gasteiger partial charge in [0.2, 0.25) is 0 Å². The van der Waals surface area contributed by atoms with Gasteiger partial charge in [0.15, 0.2) is 0 Å². The lowest BCUT2D eigenvalue weighted by Gasteiger charge is -2.26. The molecule has 1 aliphatic carbocycles. The zero-order chi connectivity index (χ0) is 13.1. The average Bonchev–Trinajstić information content (AvgIpc) is 2.38. The quantitative estimate of drug-likeness (QED) is 0.866. The van der Waals surface area contributed by atoms with E-state index in [1.165, 1.54) is 36.0 Å². The van der Waals surface area contributed by atoms with Crippen molar-refractivity contribution in [2.24, 2.45) is 5.73 Å². The second kappa shape index (κ2) is 5.58. The Morgan fingerprint density at radius 1 is 1.00 bits per heavy atom. The Kier molecular flexibility index (Phi) is 3.65. The molecular weight excluding hydrogens is 230 g/mol. The summed E-state index contributed by atoms with van der Waals surface area (Å²) in [6, 6.07) is 19.5. The van der Waals surface area contributed by atoms with Crippen molar-refractivity contribution >= 4 is 0 Å². The van der Waals surface area contributed by atoms with Gasteiger partial charge in [0, 0.05) is 6.04 Å². The van der Waals surface area contributed by atoms with E-state index >= 15 is 0 Å². The van der Waals surface area contributed by atoms with Crippen LogP contribution >= 0.6 is 0 Å². The van der Waals surface area contributed by atoms with Crippen LogP contribution in [0.2, 0.25) is 0 Å². The first-order valence-electron chi connectivity index (χ1n) is 7.22. The molecule has 0 amide bonds. The molecule has 1 fully saturated rings. The topological polar surface area (TPSA) is 26.0 Å². The van der Waals surface area contributed by atoms with Crippen LogP contribution in [0.5, 0.6) is 0 Å². The van der Waals surface area contributed by atoms with Crippen molar-refractivity contribution in [1.29, 1.82) is 0 Å². The molecule has 0 heterocycles. The normalized spacial score (nSPS) is 16.9. The summed E-state index contributed by atoms with van der Waals surface area (Å²) in [7, 11) is 0. The number of rotatable bonds is 4. The van der Waals surface area contributed by atoms with E-state index < -0.39 is 0 Å². The molecule has 1 atom stereocenters. The van der Waals surface area contributed by atoms with Gasteiger partial charge in [0.05, 0.1) is 0 Å². The van der Waals surface area contributed by atoms with Gasteiger partial charge < -0.3 is 5.73 Å². The van der Waals surface area contributed by atoms with Gasteiger partial charge in [-0.25, -0.2) is 0 Å². The molecule has 19 heavy (non-hydrogen) atoms. The smallest absolute Gasteiger partial charge is 0.0335 e. The Hall–Kier alpha value is -1.60. The van der Waals surface area contributed by atoms with Crippen LogP contribution in [-0.4, -0.2) is 0 Å². The van der Waals surface area contributed by atoms with Crippen molar-refractivity contribution in [3.05, 3.63) is 71.3 Å². The second-order valence-electron chi connectivity index (χ2n) is 5.59. The lowest BCUT2D eigenvalue weighted by Crippen LogP contribution is -2.14. The maximum absolute atomic E-state index is 6.30. The van der Waals surface area contributed by atoms with Gasteiger partial charge in [-0.2, -0.15) is 0 Å². The van der Waals surface area contributed by atoms with E-state index in [0.717, 1.165) is 12.3 Å². The lowest BCUT2D eigenvalue weighted by molar-refractivity contribution is 0.419. The first kappa shape index (κ1) is 12.4. The highest BCUT2D eigenvalue weighted by Crippen LogP contribution is 2.36. The highest BCUT2D eigenvalue weighted by atomic mass is 14.6. The van der Waals surface area contributed by atoms with Gasteiger partial charge in [-0.3, -0.25) is 0 Å². The molecule has 2 N–H and O–H groups in total. The minimum Gasteiger partial charge on any atom is -0.324 e. The average molecular weight is 251 g/mol. The number of hydrogen-bond donors (Lipinski definition) is 1. The highest BCUT2D eigenvalue weighted by Gasteiger charge is 2.19. The summed E-state index contributed by atoms with van der Waals surface area (Å²) < 4.78 is 0. The fourth-order valence-electron chi connectivity index (χ4n) is 2.79. The molecule has 1 nitrogen and oxygen atoms in total. The maximum Gasteiger partial charge on any atom is 0.0335 e. The molecule has 3 rings (SSSR count). The van der Waals surface area contributed by atoms with Gasteiger partial charge in [0.1, 0.15) is 0 Å². The Morgan fingerprint density at radius 2 is 1.79 bits per heavy atom. The summed E-state index contributed by atoms with van der Waals surface area (Å²) in [6.45, 7) is 0. The van der Waals surface area contributed by atoms with Crippen molar-refractivity contribution in [1.82, 2.24) is 0 Å². The van der Waals surface area contributed by atoms with E-state index in [4.69, 9.17) is 5.73 Å². The van der Waals surface area contributed by atoms with Crippen LogP contribution in [0, 0.1) is 0 Å². The summed E-state index contributed by atoms with van der Waals surface area (Å²) in [6.07, 6.45) is 5.02. The summed E-state index contributed by atoms with van der Waals surface area (Å²) in [5.74, 6) is 0.799. The summed E-state index contributed by atoms with van der Waals surface area (Å²) in [5, 5.41) is 0. The van der Waals surface area contributed by atoms with Gasteiger partial charge in [-0.1, -0.05) is 61.0 Å². The predicted octanol–water partition coefficient (Wildman–Crippen LogP) is 4.20. The van der Waals surface area contributed by atoms with Crippen molar-refractivity contribution in [2.75, 3.05) is 0 Å². The van der Waals surface area contributed by atoms with Crippen molar-refractivity contribution in [3.8, 4) is 0 Å². The standard InChI is InChI=1S/C18H21N/c19-18(16-7-2-1-3-8-16)13-14-6-4-11-17(12-14)15-9-5-10-15/h1-4,6-8,11-12,15,18H,5,9-10,13,19H2. The third-order valence-electron chi connectivity index (χ3n) is 4.21. The molecule has 1 unspecified atom stereocenters. The minimum absolute atomic E-state index is 0.0952. The van der Waals surface area contributed by atoms with E-state index in [9.17, 15) is 0 Å². The summed E-state index contributed by atoms with van der Waals surface area (Å²) in [4.78, 5) is 0. The molecule has 2 aromatic rings. The van der Waals surface area contributed by atoms with Crippen molar-refractivity contribution in [2.45, 2.75) is 37.6 Å². The summed E-state index contributed by atoms with van der Waals surface area (Å²) >= 11 is 0. The molecule has 0 aliphatic heterocycles. The van der Waals surface area contributed by atoms with E-state index in [-0.39, 0.29) is 6.04 Å². The minimum atomic E-state index is 0.0952. The molecule has 98 valence electrons.